The molecule has 1 amide bonds. The number of hydrogen-bond donors (Lipinski definition) is 1. The van der Waals surface area contributed by atoms with Gasteiger partial charge in [-0.3, -0.25) is 9.78 Å². The molecule has 1 unspecified atom stereocenters. The SMILES string of the molecule is CC(C(=O)Nc1ccncc1F)c1cccc(F)c1. The molecule has 0 fully saturated rings. The van der Waals surface area contributed by atoms with Crippen LogP contribution in [0.15, 0.2) is 42.7 Å². The lowest BCUT2D eigenvalue weighted by Gasteiger charge is -2.12. The zero-order valence-electron chi connectivity index (χ0n) is 10.2. The van der Waals surface area contributed by atoms with E-state index in [-0.39, 0.29) is 5.69 Å². The van der Waals surface area contributed by atoms with Crippen molar-refractivity contribution in [3.05, 3.63) is 59.9 Å². The maximum absolute atomic E-state index is 13.3. The van der Waals surface area contributed by atoms with E-state index in [1.807, 2.05) is 0 Å². The molecule has 0 spiro atoms. The summed E-state index contributed by atoms with van der Waals surface area (Å²) < 4.78 is 26.4. The summed E-state index contributed by atoms with van der Waals surface area (Å²) in [4.78, 5) is 15.5. The van der Waals surface area contributed by atoms with Crippen molar-refractivity contribution in [2.75, 3.05) is 5.32 Å². The van der Waals surface area contributed by atoms with Gasteiger partial charge in [-0.05, 0) is 30.7 Å². The summed E-state index contributed by atoms with van der Waals surface area (Å²) >= 11 is 0. The van der Waals surface area contributed by atoms with Crippen LogP contribution in [0.25, 0.3) is 0 Å². The predicted molar refractivity (Wildman–Crippen MR) is 67.6 cm³/mol. The van der Waals surface area contributed by atoms with E-state index in [0.29, 0.717) is 5.56 Å². The molecule has 1 atom stereocenters. The third kappa shape index (κ3) is 3.13. The molecule has 0 aliphatic heterocycles. The Kier molecular flexibility index (Phi) is 3.85. The minimum Gasteiger partial charge on any atom is -0.323 e. The van der Waals surface area contributed by atoms with Gasteiger partial charge in [0.25, 0.3) is 0 Å². The number of amides is 1. The second-order valence-electron chi connectivity index (χ2n) is 4.12. The first-order valence-corrected chi connectivity index (χ1v) is 5.74. The summed E-state index contributed by atoms with van der Waals surface area (Å²) in [5.74, 6) is -2.01. The molecule has 98 valence electrons. The molecule has 0 aliphatic rings. The smallest absolute Gasteiger partial charge is 0.231 e. The Morgan fingerprint density at radius 2 is 2.11 bits per heavy atom. The Morgan fingerprint density at radius 1 is 1.32 bits per heavy atom. The van der Waals surface area contributed by atoms with Crippen molar-refractivity contribution >= 4 is 11.6 Å². The van der Waals surface area contributed by atoms with Crippen LogP contribution < -0.4 is 5.32 Å². The quantitative estimate of drug-likeness (QED) is 0.923. The van der Waals surface area contributed by atoms with E-state index in [4.69, 9.17) is 0 Å². The van der Waals surface area contributed by atoms with E-state index in [0.717, 1.165) is 6.20 Å². The largest absolute Gasteiger partial charge is 0.323 e. The maximum atomic E-state index is 13.3. The second kappa shape index (κ2) is 5.56. The van der Waals surface area contributed by atoms with Crippen molar-refractivity contribution in [2.45, 2.75) is 12.8 Å². The summed E-state index contributed by atoms with van der Waals surface area (Å²) in [6.07, 6.45) is 2.40. The number of hydrogen-bond acceptors (Lipinski definition) is 2. The van der Waals surface area contributed by atoms with Crippen molar-refractivity contribution < 1.29 is 13.6 Å². The van der Waals surface area contributed by atoms with Crippen LogP contribution in [0, 0.1) is 11.6 Å². The second-order valence-corrected chi connectivity index (χ2v) is 4.12. The summed E-state index contributed by atoms with van der Waals surface area (Å²) in [5, 5.41) is 2.45. The third-order valence-corrected chi connectivity index (χ3v) is 2.77. The van der Waals surface area contributed by atoms with Gasteiger partial charge in [0.2, 0.25) is 5.91 Å². The van der Waals surface area contributed by atoms with Crippen LogP contribution in [-0.4, -0.2) is 10.9 Å². The molecule has 0 saturated heterocycles. The van der Waals surface area contributed by atoms with E-state index in [2.05, 4.69) is 10.3 Å². The van der Waals surface area contributed by atoms with Crippen LogP contribution in [0.5, 0.6) is 0 Å². The Hall–Kier alpha value is -2.30. The minimum absolute atomic E-state index is 0.0586. The number of halogens is 2. The summed E-state index contributed by atoms with van der Waals surface area (Å²) in [5.41, 5.74) is 0.593. The normalized spacial score (nSPS) is 11.9. The molecule has 1 aromatic carbocycles. The first-order valence-electron chi connectivity index (χ1n) is 5.74. The average molecular weight is 262 g/mol. The summed E-state index contributed by atoms with van der Waals surface area (Å²) in [7, 11) is 0. The Morgan fingerprint density at radius 3 is 2.79 bits per heavy atom. The minimum atomic E-state index is -0.609. The number of nitrogens with one attached hydrogen (secondary N) is 1. The van der Waals surface area contributed by atoms with Gasteiger partial charge in [-0.25, -0.2) is 8.78 Å². The number of aromatic nitrogens is 1. The lowest BCUT2D eigenvalue weighted by atomic mass is 10.0. The monoisotopic (exact) mass is 262 g/mol. The van der Waals surface area contributed by atoms with Gasteiger partial charge in [0, 0.05) is 6.20 Å². The van der Waals surface area contributed by atoms with Gasteiger partial charge in [0.1, 0.15) is 5.82 Å². The first-order chi connectivity index (χ1) is 9.08. The number of anilines is 1. The van der Waals surface area contributed by atoms with Gasteiger partial charge in [-0.2, -0.15) is 0 Å². The van der Waals surface area contributed by atoms with Crippen molar-refractivity contribution in [3.8, 4) is 0 Å². The Bertz CT molecular complexity index is 602. The molecule has 0 saturated carbocycles. The predicted octanol–water partition coefficient (Wildman–Crippen LogP) is 3.10. The van der Waals surface area contributed by atoms with E-state index in [1.165, 1.54) is 30.5 Å². The lowest BCUT2D eigenvalue weighted by Crippen LogP contribution is -2.19. The fourth-order valence-corrected chi connectivity index (χ4v) is 1.64. The van der Waals surface area contributed by atoms with Crippen molar-refractivity contribution in [3.63, 3.8) is 0 Å². The molecule has 1 N–H and O–H groups in total. The van der Waals surface area contributed by atoms with Gasteiger partial charge < -0.3 is 5.32 Å². The van der Waals surface area contributed by atoms with E-state index >= 15 is 0 Å². The van der Waals surface area contributed by atoms with Crippen molar-refractivity contribution in [2.24, 2.45) is 0 Å². The maximum Gasteiger partial charge on any atom is 0.231 e. The van der Waals surface area contributed by atoms with Crippen LogP contribution in [0.3, 0.4) is 0 Å². The van der Waals surface area contributed by atoms with Crippen LogP contribution in [-0.2, 0) is 4.79 Å². The van der Waals surface area contributed by atoms with E-state index in [9.17, 15) is 13.6 Å². The van der Waals surface area contributed by atoms with E-state index in [1.54, 1.807) is 13.0 Å². The van der Waals surface area contributed by atoms with E-state index < -0.39 is 23.5 Å². The lowest BCUT2D eigenvalue weighted by molar-refractivity contribution is -0.117. The van der Waals surface area contributed by atoms with Gasteiger partial charge >= 0.3 is 0 Å². The molecular weight excluding hydrogens is 250 g/mol. The zero-order chi connectivity index (χ0) is 13.8. The molecule has 0 radical (unpaired) electrons. The number of nitrogens with zero attached hydrogens (tertiary/aromatic N) is 1. The molecule has 0 bridgehead atoms. The molecular formula is C14H12F2N2O. The molecule has 2 rings (SSSR count). The molecule has 0 aliphatic carbocycles. The zero-order valence-corrected chi connectivity index (χ0v) is 10.2. The number of pyridine rings is 1. The van der Waals surface area contributed by atoms with Crippen LogP contribution in [0.1, 0.15) is 18.4 Å². The number of benzene rings is 1. The third-order valence-electron chi connectivity index (χ3n) is 2.77. The fourth-order valence-electron chi connectivity index (χ4n) is 1.64. The first kappa shape index (κ1) is 13.1. The standard InChI is InChI=1S/C14H12F2N2O/c1-9(10-3-2-4-11(15)7-10)14(19)18-13-5-6-17-8-12(13)16/h2-9H,1H3,(H,17,18,19). The van der Waals surface area contributed by atoms with Crippen LogP contribution in [0.2, 0.25) is 0 Å². The topological polar surface area (TPSA) is 42.0 Å². The van der Waals surface area contributed by atoms with Gasteiger partial charge in [-0.1, -0.05) is 12.1 Å². The molecule has 2 aromatic rings. The number of rotatable bonds is 3. The highest BCUT2D eigenvalue weighted by atomic mass is 19.1. The molecule has 19 heavy (non-hydrogen) atoms. The van der Waals surface area contributed by atoms with Gasteiger partial charge in [0.05, 0.1) is 17.8 Å². The molecule has 1 heterocycles. The Balaban J connectivity index is 2.14. The highest BCUT2D eigenvalue weighted by Gasteiger charge is 2.17. The fraction of sp³-hybridized carbons (Fsp3) is 0.143. The van der Waals surface area contributed by atoms with Crippen molar-refractivity contribution in [1.29, 1.82) is 0 Å². The molecule has 3 nitrogen and oxygen atoms in total. The summed E-state index contributed by atoms with van der Waals surface area (Å²) in [6.45, 7) is 1.63. The highest BCUT2D eigenvalue weighted by molar-refractivity contribution is 5.95. The highest BCUT2D eigenvalue weighted by Crippen LogP contribution is 2.19. The van der Waals surface area contributed by atoms with Crippen LogP contribution in [0.4, 0.5) is 14.5 Å². The van der Waals surface area contributed by atoms with Crippen LogP contribution >= 0.6 is 0 Å². The summed E-state index contributed by atoms with van der Waals surface area (Å²) in [6, 6.07) is 7.13. The van der Waals surface area contributed by atoms with Gasteiger partial charge in [-0.15, -0.1) is 0 Å². The average Bonchev–Trinajstić information content (AvgIpc) is 2.40. The molecule has 1 aromatic heterocycles. The Labute approximate surface area is 109 Å². The number of carbonyl (C=O) groups excluding carboxylic acids is 1. The van der Waals surface area contributed by atoms with Gasteiger partial charge in [0.15, 0.2) is 5.82 Å². The van der Waals surface area contributed by atoms with Crippen molar-refractivity contribution in [1.82, 2.24) is 4.98 Å². The molecule has 5 heteroatoms. The number of carbonyl (C=O) groups is 1.